The number of aromatic nitrogens is 3. The molecule has 0 bridgehead atoms. The average Bonchev–Trinajstić information content (AvgIpc) is 2.68. The lowest BCUT2D eigenvalue weighted by atomic mass is 10.2. The Morgan fingerprint density at radius 1 is 1.33 bits per heavy atom. The van der Waals surface area contributed by atoms with Crippen LogP contribution in [0.15, 0.2) is 30.5 Å². The smallest absolute Gasteiger partial charge is 0.114 e. The van der Waals surface area contributed by atoms with Crippen LogP contribution in [0, 0.1) is 0 Å². The first kappa shape index (κ1) is 10.1. The van der Waals surface area contributed by atoms with Crippen LogP contribution in [-0.2, 0) is 6.54 Å². The minimum atomic E-state index is 0.547. The fraction of sp³-hybridized carbons (Fsp3) is 0.200. The molecule has 0 amide bonds. The van der Waals surface area contributed by atoms with Crippen LogP contribution >= 0.6 is 11.6 Å². The Kier molecular flexibility index (Phi) is 2.99. The van der Waals surface area contributed by atoms with Gasteiger partial charge >= 0.3 is 0 Å². The van der Waals surface area contributed by atoms with E-state index in [1.54, 1.807) is 4.68 Å². The molecule has 0 unspecified atom stereocenters. The second kappa shape index (κ2) is 4.42. The summed E-state index contributed by atoms with van der Waals surface area (Å²) in [5.41, 5.74) is 7.09. The van der Waals surface area contributed by atoms with Gasteiger partial charge in [-0.05, 0) is 6.07 Å². The molecule has 78 valence electrons. The van der Waals surface area contributed by atoms with Gasteiger partial charge in [0, 0.05) is 12.1 Å². The first-order valence-electron chi connectivity index (χ1n) is 4.66. The first-order valence-corrected chi connectivity index (χ1v) is 5.04. The van der Waals surface area contributed by atoms with Gasteiger partial charge in [0.1, 0.15) is 5.69 Å². The van der Waals surface area contributed by atoms with Crippen molar-refractivity contribution in [2.24, 2.45) is 5.73 Å². The molecule has 0 aliphatic carbocycles. The second-order valence-corrected chi connectivity index (χ2v) is 3.54. The van der Waals surface area contributed by atoms with Crippen LogP contribution in [0.25, 0.3) is 11.3 Å². The van der Waals surface area contributed by atoms with Gasteiger partial charge in [0.25, 0.3) is 0 Å². The van der Waals surface area contributed by atoms with Crippen molar-refractivity contribution in [3.8, 4) is 11.3 Å². The molecule has 2 N–H and O–H groups in total. The first-order chi connectivity index (χ1) is 7.31. The van der Waals surface area contributed by atoms with Crippen LogP contribution in [0.5, 0.6) is 0 Å². The summed E-state index contributed by atoms with van der Waals surface area (Å²) in [6.07, 6.45) is 1.84. The van der Waals surface area contributed by atoms with Gasteiger partial charge in [-0.3, -0.25) is 4.68 Å². The third-order valence-electron chi connectivity index (χ3n) is 2.05. The normalized spacial score (nSPS) is 10.5. The summed E-state index contributed by atoms with van der Waals surface area (Å²) in [6, 6.07) is 7.55. The molecule has 4 nitrogen and oxygen atoms in total. The molecule has 2 aromatic rings. The number of nitrogens with zero attached hydrogens (tertiary/aromatic N) is 3. The van der Waals surface area contributed by atoms with Crippen LogP contribution in [0.4, 0.5) is 0 Å². The maximum Gasteiger partial charge on any atom is 0.114 e. The van der Waals surface area contributed by atoms with Crippen LogP contribution in [0.3, 0.4) is 0 Å². The number of halogens is 1. The molecular weight excluding hydrogens is 212 g/mol. The van der Waals surface area contributed by atoms with Crippen LogP contribution in [0.2, 0.25) is 5.02 Å². The zero-order valence-corrected chi connectivity index (χ0v) is 8.85. The Hall–Kier alpha value is -1.39. The van der Waals surface area contributed by atoms with Crippen LogP contribution < -0.4 is 5.73 Å². The Morgan fingerprint density at radius 3 is 2.87 bits per heavy atom. The Morgan fingerprint density at radius 2 is 2.13 bits per heavy atom. The minimum absolute atomic E-state index is 0.547. The van der Waals surface area contributed by atoms with E-state index in [4.69, 9.17) is 17.3 Å². The van der Waals surface area contributed by atoms with Crippen molar-refractivity contribution >= 4 is 11.6 Å². The Balaban J connectivity index is 2.33. The number of benzene rings is 1. The molecule has 2 rings (SSSR count). The lowest BCUT2D eigenvalue weighted by molar-refractivity contribution is 0.598. The highest BCUT2D eigenvalue weighted by Crippen LogP contribution is 2.24. The van der Waals surface area contributed by atoms with Crippen molar-refractivity contribution in [3.05, 3.63) is 35.5 Å². The average molecular weight is 223 g/mol. The Labute approximate surface area is 92.7 Å². The van der Waals surface area contributed by atoms with E-state index in [0.29, 0.717) is 18.1 Å². The quantitative estimate of drug-likeness (QED) is 0.858. The lowest BCUT2D eigenvalue weighted by Crippen LogP contribution is -2.10. The van der Waals surface area contributed by atoms with E-state index in [0.717, 1.165) is 11.3 Å². The number of hydrogen-bond acceptors (Lipinski definition) is 3. The third kappa shape index (κ3) is 2.16. The molecule has 0 aliphatic heterocycles. The number of rotatable bonds is 3. The zero-order chi connectivity index (χ0) is 10.7. The molecule has 0 spiro atoms. The van der Waals surface area contributed by atoms with Crippen molar-refractivity contribution < 1.29 is 0 Å². The van der Waals surface area contributed by atoms with E-state index in [-0.39, 0.29) is 0 Å². The van der Waals surface area contributed by atoms with Gasteiger partial charge in [0.2, 0.25) is 0 Å². The molecule has 0 fully saturated rings. The van der Waals surface area contributed by atoms with Crippen LogP contribution in [-0.4, -0.2) is 21.5 Å². The van der Waals surface area contributed by atoms with E-state index in [2.05, 4.69) is 10.3 Å². The van der Waals surface area contributed by atoms with Gasteiger partial charge in [-0.2, -0.15) is 0 Å². The predicted octanol–water partition coefficient (Wildman–Crippen LogP) is 1.56. The predicted molar refractivity (Wildman–Crippen MR) is 59.5 cm³/mol. The highest BCUT2D eigenvalue weighted by Gasteiger charge is 2.06. The van der Waals surface area contributed by atoms with Crippen molar-refractivity contribution in [3.63, 3.8) is 0 Å². The zero-order valence-electron chi connectivity index (χ0n) is 8.10. The monoisotopic (exact) mass is 222 g/mol. The number of hydrogen-bond donors (Lipinski definition) is 1. The molecule has 0 radical (unpaired) electrons. The van der Waals surface area contributed by atoms with Gasteiger partial charge in [-0.25, -0.2) is 0 Å². The molecule has 0 atom stereocenters. The van der Waals surface area contributed by atoms with Gasteiger partial charge in [0.05, 0.1) is 17.8 Å². The molecule has 0 saturated carbocycles. The molecule has 15 heavy (non-hydrogen) atoms. The highest BCUT2D eigenvalue weighted by atomic mass is 35.5. The van der Waals surface area contributed by atoms with E-state index >= 15 is 0 Å². The molecule has 0 saturated heterocycles. The molecular formula is C10H11ClN4. The lowest BCUT2D eigenvalue weighted by Gasteiger charge is -1.97. The minimum Gasteiger partial charge on any atom is -0.329 e. The summed E-state index contributed by atoms with van der Waals surface area (Å²) in [5.74, 6) is 0. The summed E-state index contributed by atoms with van der Waals surface area (Å²) in [6.45, 7) is 1.21. The molecule has 1 aromatic carbocycles. The van der Waals surface area contributed by atoms with Crippen molar-refractivity contribution in [1.82, 2.24) is 15.0 Å². The fourth-order valence-corrected chi connectivity index (χ4v) is 1.56. The molecule has 0 aliphatic rings. The maximum atomic E-state index is 6.04. The van der Waals surface area contributed by atoms with Crippen molar-refractivity contribution in [1.29, 1.82) is 0 Å². The van der Waals surface area contributed by atoms with Crippen LogP contribution in [0.1, 0.15) is 0 Å². The summed E-state index contributed by atoms with van der Waals surface area (Å²) >= 11 is 6.04. The number of nitrogens with two attached hydrogens (primary N) is 1. The van der Waals surface area contributed by atoms with Gasteiger partial charge in [-0.15, -0.1) is 5.10 Å². The van der Waals surface area contributed by atoms with Crippen molar-refractivity contribution in [2.45, 2.75) is 6.54 Å². The molecule has 1 heterocycles. The highest BCUT2D eigenvalue weighted by molar-refractivity contribution is 6.33. The summed E-state index contributed by atoms with van der Waals surface area (Å²) in [7, 11) is 0. The van der Waals surface area contributed by atoms with E-state index in [1.807, 2.05) is 30.5 Å². The van der Waals surface area contributed by atoms with E-state index in [9.17, 15) is 0 Å². The summed E-state index contributed by atoms with van der Waals surface area (Å²) < 4.78 is 1.71. The maximum absolute atomic E-state index is 6.04. The molecule has 1 aromatic heterocycles. The van der Waals surface area contributed by atoms with Crippen molar-refractivity contribution in [2.75, 3.05) is 6.54 Å². The van der Waals surface area contributed by atoms with E-state index in [1.165, 1.54) is 0 Å². The van der Waals surface area contributed by atoms with E-state index < -0.39 is 0 Å². The summed E-state index contributed by atoms with van der Waals surface area (Å²) in [4.78, 5) is 0. The summed E-state index contributed by atoms with van der Waals surface area (Å²) in [5, 5.41) is 8.67. The second-order valence-electron chi connectivity index (χ2n) is 3.14. The van der Waals surface area contributed by atoms with Gasteiger partial charge in [0.15, 0.2) is 0 Å². The Bertz CT molecular complexity index is 452. The SMILES string of the molecule is NCCn1cc(-c2ccccc2Cl)nn1. The standard InChI is InChI=1S/C10H11ClN4/c11-9-4-2-1-3-8(9)10-7-15(6-5-12)14-13-10/h1-4,7H,5-6,12H2. The topological polar surface area (TPSA) is 56.7 Å². The third-order valence-corrected chi connectivity index (χ3v) is 2.38. The van der Waals surface area contributed by atoms with Gasteiger partial charge in [-0.1, -0.05) is 35.0 Å². The molecule has 5 heteroatoms. The largest absolute Gasteiger partial charge is 0.329 e. The fourth-order valence-electron chi connectivity index (χ4n) is 1.33. The van der Waals surface area contributed by atoms with Gasteiger partial charge < -0.3 is 5.73 Å².